The van der Waals surface area contributed by atoms with Gasteiger partial charge in [0.05, 0.1) is 6.04 Å². The van der Waals surface area contributed by atoms with Gasteiger partial charge in [-0.3, -0.25) is 14.5 Å². The lowest BCUT2D eigenvalue weighted by atomic mass is 10.00. The Morgan fingerprint density at radius 3 is 2.58 bits per heavy atom. The van der Waals surface area contributed by atoms with Gasteiger partial charge in [0, 0.05) is 7.05 Å². The van der Waals surface area contributed by atoms with Crippen LogP contribution in [0.25, 0.3) is 10.8 Å². The molecule has 2 aromatic carbocycles. The van der Waals surface area contributed by atoms with Crippen molar-refractivity contribution >= 4 is 28.6 Å². The molecular weight excluding hydrogens is 306 g/mol. The normalized spacial score (nSPS) is 15.9. The lowest BCUT2D eigenvalue weighted by Crippen LogP contribution is -2.41. The van der Waals surface area contributed by atoms with E-state index in [0.717, 1.165) is 21.2 Å². The first kappa shape index (κ1) is 16.0. The van der Waals surface area contributed by atoms with Crippen LogP contribution < -0.4 is 5.32 Å². The van der Waals surface area contributed by atoms with E-state index >= 15 is 0 Å². The van der Waals surface area contributed by atoms with Crippen molar-refractivity contribution in [3.8, 4) is 0 Å². The van der Waals surface area contributed by atoms with Gasteiger partial charge < -0.3 is 10.2 Å². The maximum atomic E-state index is 12.2. The number of nitrogens with zero attached hydrogens (tertiary/aromatic N) is 2. The van der Waals surface area contributed by atoms with Gasteiger partial charge in [-0.15, -0.1) is 0 Å². The summed E-state index contributed by atoms with van der Waals surface area (Å²) in [7, 11) is 1.54. The molecule has 24 heavy (non-hydrogen) atoms. The average Bonchev–Trinajstić information content (AvgIpc) is 2.80. The smallest absolute Gasteiger partial charge is 0.327 e. The van der Waals surface area contributed by atoms with E-state index < -0.39 is 6.03 Å². The molecule has 0 aromatic heterocycles. The third-order valence-electron chi connectivity index (χ3n) is 4.20. The topological polar surface area (TPSA) is 69.7 Å². The quantitative estimate of drug-likeness (QED) is 0.873. The Labute approximate surface area is 140 Å². The van der Waals surface area contributed by atoms with Crippen LogP contribution in [0, 0.1) is 0 Å². The molecule has 1 aliphatic rings. The summed E-state index contributed by atoms with van der Waals surface area (Å²) in [6, 6.07) is 13.2. The molecule has 1 heterocycles. The van der Waals surface area contributed by atoms with Crippen molar-refractivity contribution in [3.05, 3.63) is 48.0 Å². The minimum absolute atomic E-state index is 0.0188. The summed E-state index contributed by atoms with van der Waals surface area (Å²) in [5.41, 5.74) is 0.998. The average molecular weight is 325 g/mol. The summed E-state index contributed by atoms with van der Waals surface area (Å²) in [5.74, 6) is -0.706. The second-order valence-corrected chi connectivity index (χ2v) is 5.98. The zero-order valence-electron chi connectivity index (χ0n) is 13.7. The van der Waals surface area contributed by atoms with Gasteiger partial charge in [0.1, 0.15) is 13.1 Å². The van der Waals surface area contributed by atoms with Crippen LogP contribution in [-0.4, -0.2) is 47.8 Å². The summed E-state index contributed by atoms with van der Waals surface area (Å²) in [4.78, 5) is 38.1. The molecule has 2 aromatic rings. The lowest BCUT2D eigenvalue weighted by molar-refractivity contribution is -0.131. The largest absolute Gasteiger partial charge is 0.348 e. The van der Waals surface area contributed by atoms with E-state index in [1.54, 1.807) is 0 Å². The van der Waals surface area contributed by atoms with Gasteiger partial charge in [-0.05, 0) is 23.3 Å². The van der Waals surface area contributed by atoms with Crippen LogP contribution in [0.5, 0.6) is 0 Å². The van der Waals surface area contributed by atoms with Gasteiger partial charge in [0.25, 0.3) is 5.91 Å². The second kappa shape index (κ2) is 6.31. The molecule has 1 aliphatic heterocycles. The Hall–Kier alpha value is -2.89. The van der Waals surface area contributed by atoms with Gasteiger partial charge in [0.15, 0.2) is 0 Å². The number of carbonyl (C=O) groups is 3. The fourth-order valence-corrected chi connectivity index (χ4v) is 2.96. The predicted octanol–water partition coefficient (Wildman–Crippen LogP) is 1.91. The fourth-order valence-electron chi connectivity index (χ4n) is 2.96. The molecule has 6 nitrogen and oxygen atoms in total. The molecule has 124 valence electrons. The maximum Gasteiger partial charge on any atom is 0.327 e. The van der Waals surface area contributed by atoms with Crippen LogP contribution in [0.3, 0.4) is 0 Å². The zero-order valence-corrected chi connectivity index (χ0v) is 13.7. The Morgan fingerprint density at radius 2 is 1.88 bits per heavy atom. The second-order valence-electron chi connectivity index (χ2n) is 5.98. The van der Waals surface area contributed by atoms with E-state index in [2.05, 4.69) is 5.32 Å². The number of hydrogen-bond donors (Lipinski definition) is 1. The molecule has 0 bridgehead atoms. The van der Waals surface area contributed by atoms with E-state index in [9.17, 15) is 14.4 Å². The minimum Gasteiger partial charge on any atom is -0.348 e. The van der Waals surface area contributed by atoms with Crippen molar-refractivity contribution in [2.45, 2.75) is 13.0 Å². The van der Waals surface area contributed by atoms with Gasteiger partial charge in [-0.1, -0.05) is 42.5 Å². The van der Waals surface area contributed by atoms with Crippen LogP contribution in [0.1, 0.15) is 18.5 Å². The van der Waals surface area contributed by atoms with Crippen molar-refractivity contribution < 1.29 is 14.4 Å². The zero-order chi connectivity index (χ0) is 17.3. The number of rotatable bonds is 4. The first-order valence-electron chi connectivity index (χ1n) is 7.80. The molecule has 0 spiro atoms. The summed E-state index contributed by atoms with van der Waals surface area (Å²) >= 11 is 0. The van der Waals surface area contributed by atoms with E-state index in [4.69, 9.17) is 0 Å². The molecule has 0 saturated carbocycles. The third-order valence-corrected chi connectivity index (χ3v) is 4.20. The highest BCUT2D eigenvalue weighted by Gasteiger charge is 2.34. The molecule has 3 rings (SSSR count). The van der Waals surface area contributed by atoms with Gasteiger partial charge in [-0.25, -0.2) is 4.79 Å². The molecule has 1 fully saturated rings. The third kappa shape index (κ3) is 2.95. The number of imide groups is 1. The van der Waals surface area contributed by atoms with Gasteiger partial charge >= 0.3 is 6.03 Å². The highest BCUT2D eigenvalue weighted by molar-refractivity contribution is 6.04. The summed E-state index contributed by atoms with van der Waals surface area (Å²) < 4.78 is 0. The molecule has 1 N–H and O–H groups in total. The SMILES string of the molecule is C[C@H](NC(=O)CN1C(=O)CN(C)C1=O)c1cccc2ccccc12. The fraction of sp³-hybridized carbons (Fsp3) is 0.278. The Morgan fingerprint density at radius 1 is 1.17 bits per heavy atom. The Bertz CT molecular complexity index is 813. The van der Waals surface area contributed by atoms with Crippen LogP contribution in [-0.2, 0) is 9.59 Å². The standard InChI is InChI=1S/C18H19N3O3/c1-12(14-9-5-7-13-6-3-4-8-15(13)14)19-16(22)10-21-17(23)11-20(2)18(21)24/h3-9,12H,10-11H2,1-2H3,(H,19,22)/t12-/m0/s1. The van der Waals surface area contributed by atoms with Gasteiger partial charge in [0.2, 0.25) is 5.91 Å². The van der Waals surface area contributed by atoms with Crippen molar-refractivity contribution in [2.24, 2.45) is 0 Å². The number of nitrogens with one attached hydrogen (secondary N) is 1. The first-order valence-corrected chi connectivity index (χ1v) is 7.80. The predicted molar refractivity (Wildman–Crippen MR) is 90.2 cm³/mol. The molecule has 6 heteroatoms. The Kier molecular flexibility index (Phi) is 4.20. The van der Waals surface area contributed by atoms with Crippen molar-refractivity contribution in [2.75, 3.05) is 20.1 Å². The maximum absolute atomic E-state index is 12.2. The molecule has 4 amide bonds. The monoisotopic (exact) mass is 325 g/mol. The van der Waals surface area contributed by atoms with Crippen LogP contribution >= 0.6 is 0 Å². The van der Waals surface area contributed by atoms with Gasteiger partial charge in [-0.2, -0.15) is 0 Å². The summed E-state index contributed by atoms with van der Waals surface area (Å²) in [6.45, 7) is 1.65. The Balaban J connectivity index is 1.72. The number of benzene rings is 2. The van der Waals surface area contributed by atoms with E-state index in [0.29, 0.717) is 0 Å². The molecule has 0 aliphatic carbocycles. The van der Waals surface area contributed by atoms with E-state index in [-0.39, 0.29) is 30.9 Å². The van der Waals surface area contributed by atoms with Crippen molar-refractivity contribution in [3.63, 3.8) is 0 Å². The van der Waals surface area contributed by atoms with E-state index in [1.165, 1.54) is 11.9 Å². The highest BCUT2D eigenvalue weighted by Crippen LogP contribution is 2.24. The van der Waals surface area contributed by atoms with Crippen molar-refractivity contribution in [1.29, 1.82) is 0 Å². The number of fused-ring (bicyclic) bond motifs is 1. The number of likely N-dealkylation sites (N-methyl/N-ethyl adjacent to an activating group) is 1. The summed E-state index contributed by atoms with van der Waals surface area (Å²) in [6.07, 6.45) is 0. The minimum atomic E-state index is -0.437. The van der Waals surface area contributed by atoms with Crippen LogP contribution in [0.2, 0.25) is 0 Å². The van der Waals surface area contributed by atoms with E-state index in [1.807, 2.05) is 49.4 Å². The summed E-state index contributed by atoms with van der Waals surface area (Å²) in [5, 5.41) is 5.04. The number of urea groups is 1. The number of carbonyl (C=O) groups excluding carboxylic acids is 3. The highest BCUT2D eigenvalue weighted by atomic mass is 16.2. The first-order chi connectivity index (χ1) is 11.5. The van der Waals surface area contributed by atoms with Crippen LogP contribution in [0.4, 0.5) is 4.79 Å². The molecular formula is C18H19N3O3. The number of amides is 4. The van der Waals surface area contributed by atoms with Crippen molar-refractivity contribution in [1.82, 2.24) is 15.1 Å². The molecule has 0 unspecified atom stereocenters. The number of hydrogen-bond acceptors (Lipinski definition) is 3. The lowest BCUT2D eigenvalue weighted by Gasteiger charge is -2.19. The molecule has 0 radical (unpaired) electrons. The molecule has 1 atom stereocenters. The molecule has 1 saturated heterocycles. The van der Waals surface area contributed by atoms with Crippen LogP contribution in [0.15, 0.2) is 42.5 Å².